The number of nitrogens with one attached hydrogen (secondary N) is 1. The van der Waals surface area contributed by atoms with E-state index < -0.39 is 0 Å². The number of aromatic nitrogens is 3. The Kier molecular flexibility index (Phi) is 6.95. The van der Waals surface area contributed by atoms with Gasteiger partial charge >= 0.3 is 0 Å². The Hall–Kier alpha value is -3.78. The van der Waals surface area contributed by atoms with E-state index >= 15 is 0 Å². The SMILES string of the molecule is CCOc1ccc(-c2ccc(=O)n(CCNC(=O)c3sc(-c4ccccc4)nc3C)n2)cc1. The van der Waals surface area contributed by atoms with Crippen molar-refractivity contribution in [3.05, 3.63) is 87.7 Å². The van der Waals surface area contributed by atoms with Crippen LogP contribution >= 0.6 is 11.3 Å². The number of carbonyl (C=O) groups is 1. The summed E-state index contributed by atoms with van der Waals surface area (Å²) in [5.74, 6) is 0.578. The summed E-state index contributed by atoms with van der Waals surface area (Å²) < 4.78 is 6.83. The Morgan fingerprint density at radius 1 is 1.03 bits per heavy atom. The maximum atomic E-state index is 12.7. The minimum atomic E-state index is -0.223. The lowest BCUT2D eigenvalue weighted by atomic mass is 10.1. The molecule has 2 heterocycles. The number of amides is 1. The van der Waals surface area contributed by atoms with Crippen molar-refractivity contribution < 1.29 is 9.53 Å². The Labute approximate surface area is 195 Å². The summed E-state index contributed by atoms with van der Waals surface area (Å²) in [7, 11) is 0. The Morgan fingerprint density at radius 2 is 1.79 bits per heavy atom. The number of aryl methyl sites for hydroxylation is 1. The van der Waals surface area contributed by atoms with Crippen LogP contribution < -0.4 is 15.6 Å². The normalized spacial score (nSPS) is 10.7. The van der Waals surface area contributed by atoms with Crippen molar-refractivity contribution in [3.8, 4) is 27.6 Å². The maximum Gasteiger partial charge on any atom is 0.266 e. The summed E-state index contributed by atoms with van der Waals surface area (Å²) in [6.45, 7) is 4.89. The highest BCUT2D eigenvalue weighted by molar-refractivity contribution is 7.17. The third-order valence-electron chi connectivity index (χ3n) is 4.96. The molecule has 0 bridgehead atoms. The van der Waals surface area contributed by atoms with Crippen LogP contribution in [0.3, 0.4) is 0 Å². The maximum absolute atomic E-state index is 12.7. The minimum absolute atomic E-state index is 0.206. The molecule has 0 aliphatic rings. The van der Waals surface area contributed by atoms with Gasteiger partial charge in [0.2, 0.25) is 0 Å². The van der Waals surface area contributed by atoms with E-state index in [2.05, 4.69) is 15.4 Å². The Balaban J connectivity index is 1.41. The molecule has 0 saturated heterocycles. The van der Waals surface area contributed by atoms with Crippen molar-refractivity contribution in [1.82, 2.24) is 20.1 Å². The number of benzene rings is 2. The number of hydrogen-bond donors (Lipinski definition) is 1. The highest BCUT2D eigenvalue weighted by Gasteiger charge is 2.16. The van der Waals surface area contributed by atoms with Crippen LogP contribution in [0.4, 0.5) is 0 Å². The van der Waals surface area contributed by atoms with E-state index in [1.54, 1.807) is 6.07 Å². The predicted molar refractivity (Wildman–Crippen MR) is 130 cm³/mol. The van der Waals surface area contributed by atoms with Crippen molar-refractivity contribution in [2.45, 2.75) is 20.4 Å². The van der Waals surface area contributed by atoms with Gasteiger partial charge < -0.3 is 10.1 Å². The van der Waals surface area contributed by atoms with Crippen LogP contribution in [0.25, 0.3) is 21.8 Å². The fraction of sp³-hybridized carbons (Fsp3) is 0.200. The topological polar surface area (TPSA) is 86.1 Å². The second-order valence-electron chi connectivity index (χ2n) is 7.29. The molecule has 0 aliphatic carbocycles. The first-order valence-electron chi connectivity index (χ1n) is 10.7. The first-order valence-corrected chi connectivity index (χ1v) is 11.5. The van der Waals surface area contributed by atoms with E-state index in [0.29, 0.717) is 22.9 Å². The van der Waals surface area contributed by atoms with Gasteiger partial charge in [0.25, 0.3) is 11.5 Å². The van der Waals surface area contributed by atoms with Crippen molar-refractivity contribution in [1.29, 1.82) is 0 Å². The van der Waals surface area contributed by atoms with E-state index in [1.165, 1.54) is 22.1 Å². The average molecular weight is 461 g/mol. The minimum Gasteiger partial charge on any atom is -0.494 e. The molecule has 4 rings (SSSR count). The third-order valence-corrected chi connectivity index (χ3v) is 6.17. The summed E-state index contributed by atoms with van der Waals surface area (Å²) in [4.78, 5) is 30.1. The van der Waals surface area contributed by atoms with Crippen LogP contribution in [0.1, 0.15) is 22.3 Å². The van der Waals surface area contributed by atoms with E-state index in [4.69, 9.17) is 4.74 Å². The molecule has 33 heavy (non-hydrogen) atoms. The summed E-state index contributed by atoms with van der Waals surface area (Å²) >= 11 is 1.36. The van der Waals surface area contributed by atoms with Gasteiger partial charge in [-0.3, -0.25) is 9.59 Å². The van der Waals surface area contributed by atoms with E-state index in [-0.39, 0.29) is 24.6 Å². The summed E-state index contributed by atoms with van der Waals surface area (Å²) in [6, 6.07) is 20.5. The number of nitrogens with zero attached hydrogens (tertiary/aromatic N) is 3. The zero-order valence-corrected chi connectivity index (χ0v) is 19.3. The molecule has 2 aromatic heterocycles. The van der Waals surface area contributed by atoms with Crippen LogP contribution in [0.5, 0.6) is 5.75 Å². The molecule has 0 spiro atoms. The Bertz CT molecular complexity index is 1300. The lowest BCUT2D eigenvalue weighted by Crippen LogP contribution is -2.31. The fourth-order valence-corrected chi connectivity index (χ4v) is 4.31. The monoisotopic (exact) mass is 460 g/mol. The van der Waals surface area contributed by atoms with Crippen LogP contribution in [-0.4, -0.2) is 33.8 Å². The van der Waals surface area contributed by atoms with Gasteiger partial charge in [-0.1, -0.05) is 30.3 Å². The second kappa shape index (κ2) is 10.2. The van der Waals surface area contributed by atoms with Gasteiger partial charge in [-0.15, -0.1) is 11.3 Å². The van der Waals surface area contributed by atoms with Crippen molar-refractivity contribution in [2.24, 2.45) is 0 Å². The zero-order valence-electron chi connectivity index (χ0n) is 18.4. The lowest BCUT2D eigenvalue weighted by molar-refractivity contribution is 0.0955. The molecule has 168 valence electrons. The van der Waals surface area contributed by atoms with Crippen LogP contribution in [0.15, 0.2) is 71.5 Å². The lowest BCUT2D eigenvalue weighted by Gasteiger charge is -2.09. The number of rotatable bonds is 8. The smallest absolute Gasteiger partial charge is 0.266 e. The first kappa shape index (κ1) is 22.4. The van der Waals surface area contributed by atoms with Gasteiger partial charge in [-0.25, -0.2) is 9.67 Å². The van der Waals surface area contributed by atoms with E-state index in [9.17, 15) is 9.59 Å². The average Bonchev–Trinajstić information content (AvgIpc) is 3.23. The van der Waals surface area contributed by atoms with Crippen LogP contribution in [0, 0.1) is 6.92 Å². The number of hydrogen-bond acceptors (Lipinski definition) is 6. The zero-order chi connectivity index (χ0) is 23.2. The molecule has 0 radical (unpaired) electrons. The van der Waals surface area contributed by atoms with Crippen molar-refractivity contribution in [3.63, 3.8) is 0 Å². The largest absolute Gasteiger partial charge is 0.494 e. The molecule has 7 nitrogen and oxygen atoms in total. The highest BCUT2D eigenvalue weighted by atomic mass is 32.1. The molecule has 1 N–H and O–H groups in total. The second-order valence-corrected chi connectivity index (χ2v) is 8.29. The highest BCUT2D eigenvalue weighted by Crippen LogP contribution is 2.27. The van der Waals surface area contributed by atoms with Gasteiger partial charge in [0, 0.05) is 23.7 Å². The number of carbonyl (C=O) groups excluding carboxylic acids is 1. The molecule has 4 aromatic rings. The number of ether oxygens (including phenoxy) is 1. The van der Waals surface area contributed by atoms with Gasteiger partial charge in [-0.2, -0.15) is 5.10 Å². The molecule has 0 aliphatic heterocycles. The summed E-state index contributed by atoms with van der Waals surface area (Å²) in [5.41, 5.74) is 3.00. The first-order chi connectivity index (χ1) is 16.0. The molecule has 0 unspecified atom stereocenters. The third kappa shape index (κ3) is 5.35. The standard InChI is InChI=1S/C25H24N4O3S/c1-3-32-20-11-9-18(10-12-20)21-13-14-22(30)29(28-21)16-15-26-24(31)23-17(2)27-25(33-23)19-7-5-4-6-8-19/h4-14H,3,15-16H2,1-2H3,(H,26,31). The molecular weight excluding hydrogens is 436 g/mol. The van der Waals surface area contributed by atoms with Crippen LogP contribution in [-0.2, 0) is 6.54 Å². The quantitative estimate of drug-likeness (QED) is 0.427. The summed E-state index contributed by atoms with van der Waals surface area (Å²) in [5, 5.41) is 8.13. The van der Waals surface area contributed by atoms with Crippen molar-refractivity contribution >= 4 is 17.2 Å². The molecular formula is C25H24N4O3S. The molecule has 0 atom stereocenters. The van der Waals surface area contributed by atoms with E-state index in [0.717, 1.165) is 21.9 Å². The van der Waals surface area contributed by atoms with Gasteiger partial charge in [0.1, 0.15) is 15.6 Å². The molecule has 0 fully saturated rings. The predicted octanol–water partition coefficient (Wildman–Crippen LogP) is 4.17. The van der Waals surface area contributed by atoms with Gasteiger partial charge in [0.05, 0.1) is 24.5 Å². The van der Waals surface area contributed by atoms with Crippen LogP contribution in [0.2, 0.25) is 0 Å². The fourth-order valence-electron chi connectivity index (χ4n) is 3.32. The molecule has 0 saturated carbocycles. The van der Waals surface area contributed by atoms with Crippen molar-refractivity contribution in [2.75, 3.05) is 13.2 Å². The molecule has 2 aromatic carbocycles. The molecule has 8 heteroatoms. The molecule has 1 amide bonds. The van der Waals surface area contributed by atoms with Gasteiger partial charge in [0.15, 0.2) is 0 Å². The van der Waals surface area contributed by atoms with E-state index in [1.807, 2.05) is 68.4 Å². The summed E-state index contributed by atoms with van der Waals surface area (Å²) in [6.07, 6.45) is 0. The Morgan fingerprint density at radius 3 is 2.52 bits per heavy atom. The van der Waals surface area contributed by atoms with Gasteiger partial charge in [-0.05, 0) is 44.2 Å². The number of thiazole rings is 1.